The molecule has 0 aliphatic rings. The van der Waals surface area contributed by atoms with Gasteiger partial charge in [0.15, 0.2) is 0 Å². The third kappa shape index (κ3) is 4.14. The number of rotatable bonds is 5. The van der Waals surface area contributed by atoms with Gasteiger partial charge in [-0.1, -0.05) is 24.3 Å². The lowest BCUT2D eigenvalue weighted by molar-refractivity contribution is 0.0996. The largest absolute Gasteiger partial charge is 0.364 e. The summed E-state index contributed by atoms with van der Waals surface area (Å²) in [5, 5.41) is 16.8. The monoisotopic (exact) mass is 442 g/mol. The topological polar surface area (TPSA) is 127 Å². The summed E-state index contributed by atoms with van der Waals surface area (Å²) in [6.07, 6.45) is 0. The van der Waals surface area contributed by atoms with Crippen LogP contribution >= 0.6 is 0 Å². The number of nitriles is 1. The summed E-state index contributed by atoms with van der Waals surface area (Å²) in [7, 11) is 0. The Morgan fingerprint density at radius 1 is 1.18 bits per heavy atom. The summed E-state index contributed by atoms with van der Waals surface area (Å²) in [5.41, 5.74) is 8.34. The fraction of sp³-hybridized carbons (Fsp3) is 0.125. The lowest BCUT2D eigenvalue weighted by atomic mass is 10.1. The molecule has 2 heterocycles. The van der Waals surface area contributed by atoms with Gasteiger partial charge in [0.25, 0.3) is 11.8 Å². The van der Waals surface area contributed by atoms with E-state index in [4.69, 9.17) is 11.0 Å². The van der Waals surface area contributed by atoms with Crippen LogP contribution in [0.15, 0.2) is 48.5 Å². The van der Waals surface area contributed by atoms with Gasteiger partial charge in [0.2, 0.25) is 0 Å². The van der Waals surface area contributed by atoms with Gasteiger partial charge >= 0.3 is 0 Å². The lowest BCUT2D eigenvalue weighted by Crippen LogP contribution is -2.18. The van der Waals surface area contributed by atoms with Crippen LogP contribution in [0.25, 0.3) is 10.9 Å². The van der Waals surface area contributed by atoms with Crippen LogP contribution in [0.5, 0.6) is 0 Å². The van der Waals surface area contributed by atoms with Crippen LogP contribution in [-0.4, -0.2) is 26.6 Å². The number of para-hydroxylation sites is 1. The molecule has 2 amide bonds. The fourth-order valence-electron chi connectivity index (χ4n) is 3.61. The maximum Gasteiger partial charge on any atom is 0.267 e. The number of primary amides is 1. The van der Waals surface area contributed by atoms with Crippen LogP contribution in [0.3, 0.4) is 0 Å². The number of amides is 2. The molecular formula is C24H19FN6O2. The van der Waals surface area contributed by atoms with Crippen molar-refractivity contribution in [2.24, 2.45) is 5.73 Å². The molecule has 0 radical (unpaired) electrons. The number of benzene rings is 2. The number of nitrogens with one attached hydrogen (secondary N) is 1. The van der Waals surface area contributed by atoms with Crippen molar-refractivity contribution in [3.8, 4) is 6.07 Å². The fourth-order valence-corrected chi connectivity index (χ4v) is 3.61. The minimum Gasteiger partial charge on any atom is -0.364 e. The van der Waals surface area contributed by atoms with Crippen LogP contribution < -0.4 is 11.1 Å². The SMILES string of the molecule is Cc1nn(Cc2ccc(C#N)cc2F)c(C)c1NC(=O)c1cc(C(N)=O)nc2ccccc12. The minimum atomic E-state index is -0.737. The van der Waals surface area contributed by atoms with Crippen molar-refractivity contribution >= 4 is 28.4 Å². The summed E-state index contributed by atoms with van der Waals surface area (Å²) in [4.78, 5) is 29.1. The molecule has 4 aromatic rings. The highest BCUT2D eigenvalue weighted by molar-refractivity contribution is 6.14. The Bertz CT molecular complexity index is 1470. The second-order valence-corrected chi connectivity index (χ2v) is 7.51. The summed E-state index contributed by atoms with van der Waals surface area (Å²) in [6, 6.07) is 14.5. The first-order chi connectivity index (χ1) is 15.8. The Morgan fingerprint density at radius 2 is 1.94 bits per heavy atom. The lowest BCUT2D eigenvalue weighted by Gasteiger charge is -2.10. The summed E-state index contributed by atoms with van der Waals surface area (Å²) < 4.78 is 15.9. The number of nitrogens with two attached hydrogens (primary N) is 1. The van der Waals surface area contributed by atoms with E-state index < -0.39 is 17.6 Å². The normalized spacial score (nSPS) is 10.7. The molecule has 3 N–H and O–H groups in total. The molecule has 0 unspecified atom stereocenters. The van der Waals surface area contributed by atoms with E-state index in [-0.39, 0.29) is 23.4 Å². The highest BCUT2D eigenvalue weighted by Crippen LogP contribution is 2.24. The van der Waals surface area contributed by atoms with E-state index in [0.29, 0.717) is 33.5 Å². The first kappa shape index (κ1) is 21.6. The Balaban J connectivity index is 1.67. The number of carbonyl (C=O) groups is 2. The molecule has 8 nitrogen and oxygen atoms in total. The van der Waals surface area contributed by atoms with Crippen molar-refractivity contribution in [3.05, 3.63) is 88.1 Å². The van der Waals surface area contributed by atoms with Gasteiger partial charge in [-0.15, -0.1) is 0 Å². The van der Waals surface area contributed by atoms with Gasteiger partial charge in [0, 0.05) is 10.9 Å². The molecule has 0 aliphatic carbocycles. The van der Waals surface area contributed by atoms with Gasteiger partial charge in [0.05, 0.1) is 46.3 Å². The molecule has 0 bridgehead atoms. The first-order valence-electron chi connectivity index (χ1n) is 10.0. The molecule has 0 spiro atoms. The van der Waals surface area contributed by atoms with E-state index in [1.807, 2.05) is 6.07 Å². The molecule has 2 aromatic carbocycles. The number of nitrogens with zero attached hydrogens (tertiary/aromatic N) is 4. The van der Waals surface area contributed by atoms with Gasteiger partial charge in [-0.2, -0.15) is 10.4 Å². The van der Waals surface area contributed by atoms with E-state index in [2.05, 4.69) is 15.4 Å². The number of aromatic nitrogens is 3. The van der Waals surface area contributed by atoms with E-state index in [1.165, 1.54) is 24.3 Å². The Labute approximate surface area is 188 Å². The molecule has 2 aromatic heterocycles. The predicted molar refractivity (Wildman–Crippen MR) is 120 cm³/mol. The standard InChI is InChI=1S/C24H19FN6O2/c1-13-22(14(2)31(30-13)12-16-8-7-15(11-26)9-19(16)25)29-24(33)18-10-21(23(27)32)28-20-6-4-3-5-17(18)20/h3-10H,12H2,1-2H3,(H2,27,32)(H,29,33). The number of anilines is 1. The Kier molecular flexibility index (Phi) is 5.58. The number of aryl methyl sites for hydroxylation is 1. The first-order valence-corrected chi connectivity index (χ1v) is 10.0. The molecule has 9 heteroatoms. The Hall–Kier alpha value is -4.58. The van der Waals surface area contributed by atoms with Gasteiger partial charge in [0.1, 0.15) is 11.5 Å². The zero-order valence-corrected chi connectivity index (χ0v) is 17.9. The van der Waals surface area contributed by atoms with E-state index in [0.717, 1.165) is 0 Å². The molecule has 0 fully saturated rings. The maximum atomic E-state index is 14.3. The third-order valence-corrected chi connectivity index (χ3v) is 5.34. The minimum absolute atomic E-state index is 0.0146. The molecule has 164 valence electrons. The Morgan fingerprint density at radius 3 is 2.64 bits per heavy atom. The average Bonchev–Trinajstić information content (AvgIpc) is 3.06. The number of fused-ring (bicyclic) bond motifs is 1. The quantitative estimate of drug-likeness (QED) is 0.489. The average molecular weight is 442 g/mol. The van der Waals surface area contributed by atoms with Crippen LogP contribution in [0.2, 0.25) is 0 Å². The highest BCUT2D eigenvalue weighted by atomic mass is 19.1. The van der Waals surface area contributed by atoms with Crippen LogP contribution in [0.1, 0.15) is 43.4 Å². The molecule has 0 aliphatic heterocycles. The zero-order valence-electron chi connectivity index (χ0n) is 17.9. The van der Waals surface area contributed by atoms with E-state index in [1.54, 1.807) is 42.8 Å². The molecular weight excluding hydrogens is 423 g/mol. The van der Waals surface area contributed by atoms with E-state index >= 15 is 0 Å². The molecule has 4 rings (SSSR count). The van der Waals surface area contributed by atoms with Crippen LogP contribution in [0, 0.1) is 31.0 Å². The van der Waals surface area contributed by atoms with Crippen molar-refractivity contribution in [3.63, 3.8) is 0 Å². The second kappa shape index (κ2) is 8.51. The van der Waals surface area contributed by atoms with Crippen LogP contribution in [0.4, 0.5) is 10.1 Å². The third-order valence-electron chi connectivity index (χ3n) is 5.34. The summed E-state index contributed by atoms with van der Waals surface area (Å²) in [5.74, 6) is -1.69. The number of carbonyl (C=O) groups excluding carboxylic acids is 2. The number of halogens is 1. The van der Waals surface area contributed by atoms with Crippen LogP contribution in [-0.2, 0) is 6.54 Å². The highest BCUT2D eigenvalue weighted by Gasteiger charge is 2.19. The zero-order chi connectivity index (χ0) is 23.7. The van der Waals surface area contributed by atoms with Gasteiger partial charge in [-0.05, 0) is 38.1 Å². The summed E-state index contributed by atoms with van der Waals surface area (Å²) >= 11 is 0. The van der Waals surface area contributed by atoms with Crippen molar-refractivity contribution in [2.45, 2.75) is 20.4 Å². The van der Waals surface area contributed by atoms with Crippen molar-refractivity contribution < 1.29 is 14.0 Å². The van der Waals surface area contributed by atoms with Crippen molar-refractivity contribution in [1.29, 1.82) is 5.26 Å². The number of pyridine rings is 1. The number of hydrogen-bond donors (Lipinski definition) is 2. The molecule has 0 saturated carbocycles. The van der Waals surface area contributed by atoms with Gasteiger partial charge in [-0.3, -0.25) is 14.3 Å². The van der Waals surface area contributed by atoms with Crippen molar-refractivity contribution in [1.82, 2.24) is 14.8 Å². The van der Waals surface area contributed by atoms with Gasteiger partial charge < -0.3 is 11.1 Å². The predicted octanol–water partition coefficient (Wildman–Crippen LogP) is 3.46. The number of hydrogen-bond acceptors (Lipinski definition) is 5. The smallest absolute Gasteiger partial charge is 0.267 e. The molecule has 0 saturated heterocycles. The maximum absolute atomic E-state index is 14.3. The summed E-state index contributed by atoms with van der Waals surface area (Å²) in [6.45, 7) is 3.62. The van der Waals surface area contributed by atoms with E-state index in [9.17, 15) is 14.0 Å². The molecule has 33 heavy (non-hydrogen) atoms. The van der Waals surface area contributed by atoms with Crippen molar-refractivity contribution in [2.75, 3.05) is 5.32 Å². The molecule has 0 atom stereocenters. The second-order valence-electron chi connectivity index (χ2n) is 7.51. The van der Waals surface area contributed by atoms with Gasteiger partial charge in [-0.25, -0.2) is 9.37 Å².